The van der Waals surface area contributed by atoms with Gasteiger partial charge in [0.25, 0.3) is 5.91 Å². The first-order valence-electron chi connectivity index (χ1n) is 6.87. The molecule has 0 radical (unpaired) electrons. The van der Waals surface area contributed by atoms with Crippen molar-refractivity contribution >= 4 is 46.4 Å². The van der Waals surface area contributed by atoms with E-state index in [0.29, 0.717) is 5.02 Å². The van der Waals surface area contributed by atoms with Gasteiger partial charge in [0, 0.05) is 5.69 Å². The van der Waals surface area contributed by atoms with Crippen LogP contribution in [-0.2, 0) is 0 Å². The fraction of sp³-hybridized carbons (Fsp3) is 0.235. The molecule has 0 spiro atoms. The average Bonchev–Trinajstić information content (AvgIpc) is 2.45. The molecule has 0 atom stereocenters. The predicted molar refractivity (Wildman–Crippen MR) is 94.7 cm³/mol. The van der Waals surface area contributed by atoms with Gasteiger partial charge in [0.05, 0.1) is 20.6 Å². The molecule has 0 heterocycles. The number of amides is 1. The minimum Gasteiger partial charge on any atom is -0.321 e. The Morgan fingerprint density at radius 3 is 2.32 bits per heavy atom. The molecule has 0 aliphatic heterocycles. The molecule has 0 unspecified atom stereocenters. The van der Waals surface area contributed by atoms with Crippen molar-refractivity contribution < 1.29 is 4.79 Å². The molecule has 0 saturated carbocycles. The van der Waals surface area contributed by atoms with Crippen LogP contribution in [-0.4, -0.2) is 5.91 Å². The first-order chi connectivity index (χ1) is 10.3. The summed E-state index contributed by atoms with van der Waals surface area (Å²) >= 11 is 18.2. The Morgan fingerprint density at radius 1 is 1.05 bits per heavy atom. The molecular weight excluding hydrogens is 341 g/mol. The van der Waals surface area contributed by atoms with Crippen LogP contribution in [0.5, 0.6) is 0 Å². The van der Waals surface area contributed by atoms with Gasteiger partial charge in [-0.2, -0.15) is 0 Å². The van der Waals surface area contributed by atoms with Crippen LogP contribution < -0.4 is 5.32 Å². The molecule has 22 heavy (non-hydrogen) atoms. The topological polar surface area (TPSA) is 29.1 Å². The van der Waals surface area contributed by atoms with Gasteiger partial charge in [0.1, 0.15) is 0 Å². The predicted octanol–water partition coefficient (Wildman–Crippen LogP) is 6.33. The molecule has 0 aromatic heterocycles. The summed E-state index contributed by atoms with van der Waals surface area (Å²) < 4.78 is 0. The second-order valence-electron chi connectivity index (χ2n) is 5.37. The van der Waals surface area contributed by atoms with Crippen LogP contribution >= 0.6 is 34.8 Å². The number of rotatable bonds is 3. The maximum atomic E-state index is 12.6. The van der Waals surface area contributed by atoms with Gasteiger partial charge in [-0.3, -0.25) is 4.79 Å². The highest BCUT2D eigenvalue weighted by Crippen LogP contribution is 2.33. The van der Waals surface area contributed by atoms with Crippen LogP contribution in [0.2, 0.25) is 15.1 Å². The van der Waals surface area contributed by atoms with E-state index in [9.17, 15) is 4.79 Å². The van der Waals surface area contributed by atoms with Crippen molar-refractivity contribution in [1.29, 1.82) is 0 Å². The summed E-state index contributed by atoms with van der Waals surface area (Å²) in [6, 6.07) is 9.04. The first-order valence-corrected chi connectivity index (χ1v) is 8.00. The molecular formula is C17H16Cl3NO. The van der Waals surface area contributed by atoms with Crippen molar-refractivity contribution in [3.8, 4) is 0 Å². The molecule has 0 bridgehead atoms. The lowest BCUT2D eigenvalue weighted by atomic mass is 9.98. The minimum absolute atomic E-state index is 0.159. The zero-order valence-corrected chi connectivity index (χ0v) is 14.8. The van der Waals surface area contributed by atoms with Gasteiger partial charge in [-0.25, -0.2) is 0 Å². The van der Waals surface area contributed by atoms with Crippen molar-refractivity contribution in [3.05, 3.63) is 62.1 Å². The number of carbonyl (C=O) groups excluding carboxylic acids is 1. The van der Waals surface area contributed by atoms with Crippen LogP contribution in [0.15, 0.2) is 30.3 Å². The van der Waals surface area contributed by atoms with Crippen LogP contribution in [0, 0.1) is 6.92 Å². The van der Waals surface area contributed by atoms with E-state index in [-0.39, 0.29) is 27.4 Å². The number of halogens is 3. The van der Waals surface area contributed by atoms with E-state index >= 15 is 0 Å². The second kappa shape index (κ2) is 6.91. The Kier molecular flexibility index (Phi) is 5.38. The monoisotopic (exact) mass is 355 g/mol. The van der Waals surface area contributed by atoms with E-state index in [0.717, 1.165) is 16.8 Å². The highest BCUT2D eigenvalue weighted by Gasteiger charge is 2.19. The number of hydrogen-bond acceptors (Lipinski definition) is 1. The van der Waals surface area contributed by atoms with Crippen LogP contribution in [0.4, 0.5) is 5.69 Å². The largest absolute Gasteiger partial charge is 0.321 e. The normalized spacial score (nSPS) is 10.9. The molecule has 0 aliphatic rings. The van der Waals surface area contributed by atoms with Crippen LogP contribution in [0.25, 0.3) is 0 Å². The highest BCUT2D eigenvalue weighted by atomic mass is 35.5. The van der Waals surface area contributed by atoms with E-state index in [1.807, 2.05) is 25.1 Å². The van der Waals surface area contributed by atoms with Crippen LogP contribution in [0.1, 0.15) is 41.3 Å². The molecule has 2 aromatic rings. The Balaban J connectivity index is 2.45. The molecule has 2 aromatic carbocycles. The molecule has 0 fully saturated rings. The number of aryl methyl sites for hydroxylation is 1. The number of para-hydroxylation sites is 1. The standard InChI is InChI=1S/C17H16Cl3NO/c1-9(2)11-6-4-5-10(3)16(11)21-17(22)14-12(18)7-8-13(19)15(14)20/h4-9H,1-3H3,(H,21,22). The van der Waals surface area contributed by atoms with E-state index in [1.165, 1.54) is 0 Å². The number of hydrogen-bond donors (Lipinski definition) is 1. The lowest BCUT2D eigenvalue weighted by Gasteiger charge is -2.17. The molecule has 1 amide bonds. The maximum absolute atomic E-state index is 12.6. The van der Waals surface area contributed by atoms with E-state index < -0.39 is 0 Å². The van der Waals surface area contributed by atoms with E-state index in [4.69, 9.17) is 34.8 Å². The molecule has 0 saturated heterocycles. The molecule has 1 N–H and O–H groups in total. The SMILES string of the molecule is Cc1cccc(C(C)C)c1NC(=O)c1c(Cl)ccc(Cl)c1Cl. The Bertz CT molecular complexity index is 726. The fourth-order valence-electron chi connectivity index (χ4n) is 2.25. The molecule has 0 aliphatic carbocycles. The Hall–Kier alpha value is -1.22. The molecule has 116 valence electrons. The summed E-state index contributed by atoms with van der Waals surface area (Å²) in [5.41, 5.74) is 3.01. The quantitative estimate of drug-likeness (QED) is 0.639. The third-order valence-corrected chi connectivity index (χ3v) is 4.56. The molecule has 5 heteroatoms. The highest BCUT2D eigenvalue weighted by molar-refractivity contribution is 6.46. The number of benzene rings is 2. The molecule has 2 nitrogen and oxygen atoms in total. The lowest BCUT2D eigenvalue weighted by Crippen LogP contribution is -2.16. The second-order valence-corrected chi connectivity index (χ2v) is 6.56. The van der Waals surface area contributed by atoms with Gasteiger partial charge >= 0.3 is 0 Å². The fourth-order valence-corrected chi connectivity index (χ4v) is 2.95. The van der Waals surface area contributed by atoms with Crippen molar-refractivity contribution in [3.63, 3.8) is 0 Å². The number of carbonyl (C=O) groups is 1. The van der Waals surface area contributed by atoms with Crippen molar-refractivity contribution in [2.45, 2.75) is 26.7 Å². The van der Waals surface area contributed by atoms with Crippen molar-refractivity contribution in [2.75, 3.05) is 5.32 Å². The zero-order chi connectivity index (χ0) is 16.4. The summed E-state index contributed by atoms with van der Waals surface area (Å²) in [6.07, 6.45) is 0. The minimum atomic E-state index is -0.367. The summed E-state index contributed by atoms with van der Waals surface area (Å²) in [5, 5.41) is 3.64. The average molecular weight is 357 g/mol. The van der Waals surface area contributed by atoms with E-state index in [1.54, 1.807) is 12.1 Å². The summed E-state index contributed by atoms with van der Waals surface area (Å²) in [6.45, 7) is 6.09. The van der Waals surface area contributed by atoms with Gasteiger partial charge in [-0.15, -0.1) is 0 Å². The zero-order valence-electron chi connectivity index (χ0n) is 12.5. The maximum Gasteiger partial charge on any atom is 0.258 e. The Morgan fingerprint density at radius 2 is 1.68 bits per heavy atom. The van der Waals surface area contributed by atoms with Gasteiger partial charge in [-0.05, 0) is 36.1 Å². The van der Waals surface area contributed by atoms with Crippen molar-refractivity contribution in [2.24, 2.45) is 0 Å². The van der Waals surface area contributed by atoms with E-state index in [2.05, 4.69) is 19.2 Å². The molecule has 2 rings (SSSR count). The lowest BCUT2D eigenvalue weighted by molar-refractivity contribution is 0.102. The van der Waals surface area contributed by atoms with Crippen LogP contribution in [0.3, 0.4) is 0 Å². The van der Waals surface area contributed by atoms with Crippen molar-refractivity contribution in [1.82, 2.24) is 0 Å². The van der Waals surface area contributed by atoms with Gasteiger partial charge < -0.3 is 5.32 Å². The number of anilines is 1. The third-order valence-electron chi connectivity index (χ3n) is 3.44. The third kappa shape index (κ3) is 3.40. The first kappa shape index (κ1) is 17.1. The summed E-state index contributed by atoms with van der Waals surface area (Å²) in [4.78, 5) is 12.6. The van der Waals surface area contributed by atoms with Gasteiger partial charge in [0.2, 0.25) is 0 Å². The summed E-state index contributed by atoms with van der Waals surface area (Å²) in [5.74, 6) is -0.0887. The Labute approximate surface area is 145 Å². The van der Waals surface area contributed by atoms with Gasteiger partial charge in [-0.1, -0.05) is 66.8 Å². The van der Waals surface area contributed by atoms with Gasteiger partial charge in [0.15, 0.2) is 0 Å². The summed E-state index contributed by atoms with van der Waals surface area (Å²) in [7, 11) is 0. The smallest absolute Gasteiger partial charge is 0.258 e. The number of nitrogens with one attached hydrogen (secondary N) is 1.